The van der Waals surface area contributed by atoms with Gasteiger partial charge in [0.1, 0.15) is 0 Å². The van der Waals surface area contributed by atoms with Crippen molar-refractivity contribution in [3.63, 3.8) is 0 Å². The van der Waals surface area contributed by atoms with E-state index in [0.717, 1.165) is 22.7 Å². The van der Waals surface area contributed by atoms with Gasteiger partial charge in [-0.25, -0.2) is 0 Å². The van der Waals surface area contributed by atoms with Gasteiger partial charge in [0.15, 0.2) is 0 Å². The summed E-state index contributed by atoms with van der Waals surface area (Å²) in [6, 6.07) is 69.9. The fourth-order valence-electron chi connectivity index (χ4n) is 7.00. The molecule has 226 valence electrons. The van der Waals surface area contributed by atoms with E-state index >= 15 is 0 Å². The number of benzene rings is 8. The highest BCUT2D eigenvalue weighted by Crippen LogP contribution is 2.41. The summed E-state index contributed by atoms with van der Waals surface area (Å²) in [6.07, 6.45) is 0. The van der Waals surface area contributed by atoms with Crippen LogP contribution in [0.15, 0.2) is 194 Å². The summed E-state index contributed by atoms with van der Waals surface area (Å²) < 4.78 is 2.40. The Labute approximate surface area is 280 Å². The third-order valence-corrected chi connectivity index (χ3v) is 9.35. The van der Waals surface area contributed by atoms with Gasteiger partial charge in [0, 0.05) is 33.5 Å². The van der Waals surface area contributed by atoms with Gasteiger partial charge in [-0.05, 0) is 99.8 Å². The molecule has 0 unspecified atom stereocenters. The predicted octanol–water partition coefficient (Wildman–Crippen LogP) is 12.7. The smallest absolute Gasteiger partial charge is 0.0547 e. The van der Waals surface area contributed by atoms with Gasteiger partial charge in [0.25, 0.3) is 0 Å². The molecule has 0 amide bonds. The molecule has 0 saturated heterocycles. The van der Waals surface area contributed by atoms with E-state index in [4.69, 9.17) is 0 Å². The summed E-state index contributed by atoms with van der Waals surface area (Å²) in [4.78, 5) is 2.37. The Morgan fingerprint density at radius 3 is 1.31 bits per heavy atom. The molecule has 0 bridgehead atoms. The van der Waals surface area contributed by atoms with E-state index in [-0.39, 0.29) is 0 Å². The van der Waals surface area contributed by atoms with Gasteiger partial charge >= 0.3 is 0 Å². The maximum absolute atomic E-state index is 2.40. The Hall–Kier alpha value is -6.38. The van der Waals surface area contributed by atoms with Gasteiger partial charge in [-0.1, -0.05) is 127 Å². The second kappa shape index (κ2) is 11.8. The van der Waals surface area contributed by atoms with E-state index in [2.05, 4.69) is 204 Å². The van der Waals surface area contributed by atoms with Crippen LogP contribution in [0.5, 0.6) is 0 Å². The Morgan fingerprint density at radius 1 is 0.312 bits per heavy atom. The molecule has 1 aromatic heterocycles. The molecule has 0 saturated carbocycles. The molecule has 2 heteroatoms. The van der Waals surface area contributed by atoms with Crippen molar-refractivity contribution in [3.8, 4) is 27.9 Å². The van der Waals surface area contributed by atoms with Crippen molar-refractivity contribution in [2.24, 2.45) is 0 Å². The molecule has 0 aliphatic heterocycles. The lowest BCUT2D eigenvalue weighted by molar-refractivity contribution is 1.18. The second-order valence-electron chi connectivity index (χ2n) is 12.3. The first kappa shape index (κ1) is 27.9. The van der Waals surface area contributed by atoms with E-state index < -0.39 is 0 Å². The maximum atomic E-state index is 2.40. The van der Waals surface area contributed by atoms with E-state index in [9.17, 15) is 0 Å². The van der Waals surface area contributed by atoms with Crippen molar-refractivity contribution in [3.05, 3.63) is 194 Å². The van der Waals surface area contributed by atoms with Gasteiger partial charge in [-0.15, -0.1) is 0 Å². The monoisotopic (exact) mass is 612 g/mol. The molecule has 0 N–H and O–H groups in total. The SMILES string of the molecule is c1ccc(-c2ccc(N(c3ccc(-c4ccccc4)cc3)c3ccc4c(c3)c3cc5ccccc5cc3n4-c3ccccc3)cc2)cc1. The van der Waals surface area contributed by atoms with Crippen molar-refractivity contribution < 1.29 is 0 Å². The number of hydrogen-bond acceptors (Lipinski definition) is 1. The molecule has 8 aromatic carbocycles. The van der Waals surface area contributed by atoms with Crippen molar-refractivity contribution in [1.29, 1.82) is 0 Å². The van der Waals surface area contributed by atoms with Crippen LogP contribution >= 0.6 is 0 Å². The van der Waals surface area contributed by atoms with Crippen LogP contribution in [0, 0.1) is 0 Å². The molecule has 0 atom stereocenters. The molecule has 0 radical (unpaired) electrons. The van der Waals surface area contributed by atoms with Crippen LogP contribution in [0.1, 0.15) is 0 Å². The second-order valence-corrected chi connectivity index (χ2v) is 12.3. The molecule has 1 heterocycles. The molecule has 2 nitrogen and oxygen atoms in total. The van der Waals surface area contributed by atoms with E-state index in [0.29, 0.717) is 0 Å². The topological polar surface area (TPSA) is 8.17 Å². The van der Waals surface area contributed by atoms with Crippen LogP contribution in [0.3, 0.4) is 0 Å². The quantitative estimate of drug-likeness (QED) is 0.181. The third kappa shape index (κ3) is 4.92. The first-order chi connectivity index (χ1) is 23.8. The van der Waals surface area contributed by atoms with Crippen molar-refractivity contribution >= 4 is 49.6 Å². The van der Waals surface area contributed by atoms with Crippen molar-refractivity contribution in [2.75, 3.05) is 4.90 Å². The summed E-state index contributed by atoms with van der Waals surface area (Å²) in [5.41, 5.74) is 11.7. The standard InChI is InChI=1S/C46H32N2/c1-4-12-33(13-5-1)35-20-24-40(25-21-35)47(41-26-22-36(23-27-41)34-14-6-2-7-15-34)42-28-29-45-44(32-42)43-30-37-16-10-11-17-38(37)31-46(43)48(45)39-18-8-3-9-19-39/h1-32H. The average molecular weight is 613 g/mol. The minimum Gasteiger partial charge on any atom is -0.310 e. The Balaban J connectivity index is 1.24. The van der Waals surface area contributed by atoms with Crippen LogP contribution in [-0.4, -0.2) is 4.57 Å². The third-order valence-electron chi connectivity index (χ3n) is 9.35. The largest absolute Gasteiger partial charge is 0.310 e. The number of rotatable bonds is 6. The lowest BCUT2D eigenvalue weighted by Gasteiger charge is -2.26. The van der Waals surface area contributed by atoms with Crippen LogP contribution in [0.25, 0.3) is 60.5 Å². The Bertz CT molecular complexity index is 2430. The summed E-state index contributed by atoms with van der Waals surface area (Å²) in [5.74, 6) is 0. The summed E-state index contributed by atoms with van der Waals surface area (Å²) in [5, 5.41) is 4.95. The van der Waals surface area contributed by atoms with E-state index in [1.165, 1.54) is 54.8 Å². The highest BCUT2D eigenvalue weighted by Gasteiger charge is 2.18. The number of para-hydroxylation sites is 1. The highest BCUT2D eigenvalue weighted by molar-refractivity contribution is 6.14. The van der Waals surface area contributed by atoms with Gasteiger partial charge in [0.2, 0.25) is 0 Å². The molecule has 9 aromatic rings. The number of anilines is 3. The van der Waals surface area contributed by atoms with E-state index in [1.807, 2.05) is 0 Å². The van der Waals surface area contributed by atoms with Crippen molar-refractivity contribution in [1.82, 2.24) is 4.57 Å². The molecule has 48 heavy (non-hydrogen) atoms. The normalized spacial score (nSPS) is 11.3. The van der Waals surface area contributed by atoms with Crippen molar-refractivity contribution in [2.45, 2.75) is 0 Å². The fraction of sp³-hybridized carbons (Fsp3) is 0. The van der Waals surface area contributed by atoms with Gasteiger partial charge in [0.05, 0.1) is 11.0 Å². The molecular weight excluding hydrogens is 581 g/mol. The van der Waals surface area contributed by atoms with Crippen LogP contribution in [0.4, 0.5) is 17.1 Å². The zero-order chi connectivity index (χ0) is 31.9. The molecule has 0 aliphatic rings. The molecule has 0 spiro atoms. The van der Waals surface area contributed by atoms with E-state index in [1.54, 1.807) is 0 Å². The molecule has 0 fully saturated rings. The zero-order valence-corrected chi connectivity index (χ0v) is 26.4. The Kier molecular flexibility index (Phi) is 6.84. The fourth-order valence-corrected chi connectivity index (χ4v) is 7.00. The summed E-state index contributed by atoms with van der Waals surface area (Å²) in [6.45, 7) is 0. The summed E-state index contributed by atoms with van der Waals surface area (Å²) in [7, 11) is 0. The predicted molar refractivity (Wildman–Crippen MR) is 204 cm³/mol. The maximum Gasteiger partial charge on any atom is 0.0547 e. The molecule has 9 rings (SSSR count). The average Bonchev–Trinajstić information content (AvgIpc) is 3.48. The van der Waals surface area contributed by atoms with Crippen LogP contribution in [0.2, 0.25) is 0 Å². The van der Waals surface area contributed by atoms with Crippen LogP contribution < -0.4 is 4.90 Å². The van der Waals surface area contributed by atoms with Gasteiger partial charge in [-0.2, -0.15) is 0 Å². The first-order valence-corrected chi connectivity index (χ1v) is 16.4. The minimum atomic E-state index is 1.11. The minimum absolute atomic E-state index is 1.11. The number of nitrogens with zero attached hydrogens (tertiary/aromatic N) is 2. The molecule has 0 aliphatic carbocycles. The lowest BCUT2D eigenvalue weighted by atomic mass is 10.0. The van der Waals surface area contributed by atoms with Gasteiger partial charge in [-0.3, -0.25) is 0 Å². The number of fused-ring (bicyclic) bond motifs is 4. The van der Waals surface area contributed by atoms with Crippen LogP contribution in [-0.2, 0) is 0 Å². The van der Waals surface area contributed by atoms with Gasteiger partial charge < -0.3 is 9.47 Å². The highest BCUT2D eigenvalue weighted by atomic mass is 15.1. The summed E-state index contributed by atoms with van der Waals surface area (Å²) >= 11 is 0. The lowest BCUT2D eigenvalue weighted by Crippen LogP contribution is -2.10. The zero-order valence-electron chi connectivity index (χ0n) is 26.4. The first-order valence-electron chi connectivity index (χ1n) is 16.4. The molecular formula is C46H32N2. The Morgan fingerprint density at radius 2 is 0.750 bits per heavy atom. The number of aromatic nitrogens is 1. The number of hydrogen-bond donors (Lipinski definition) is 0.